The second-order valence-corrected chi connectivity index (χ2v) is 7.49. The molecule has 1 aliphatic carbocycles. The highest BCUT2D eigenvalue weighted by atomic mass is 16.5. The third-order valence-electron chi connectivity index (χ3n) is 4.29. The summed E-state index contributed by atoms with van der Waals surface area (Å²) in [4.78, 5) is 24.7. The van der Waals surface area contributed by atoms with E-state index >= 15 is 0 Å². The quantitative estimate of drug-likeness (QED) is 0.812. The zero-order valence-corrected chi connectivity index (χ0v) is 14.8. The van der Waals surface area contributed by atoms with Crippen molar-refractivity contribution < 1.29 is 14.3 Å². The lowest BCUT2D eigenvalue weighted by Crippen LogP contribution is -2.54. The molecule has 2 rings (SSSR count). The molecular weight excluding hydrogens is 304 g/mol. The largest absolute Gasteiger partial charge is 0.459 e. The molecule has 1 fully saturated rings. The Balaban J connectivity index is 1.91. The van der Waals surface area contributed by atoms with Crippen LogP contribution in [0.5, 0.6) is 0 Å². The second-order valence-electron chi connectivity index (χ2n) is 7.49. The van der Waals surface area contributed by atoms with E-state index in [1.54, 1.807) is 0 Å². The fourth-order valence-corrected chi connectivity index (χ4v) is 2.87. The van der Waals surface area contributed by atoms with Crippen molar-refractivity contribution in [3.8, 4) is 0 Å². The lowest BCUT2D eigenvalue weighted by Gasteiger charge is -2.30. The minimum atomic E-state index is -0.692. The molecule has 0 bridgehead atoms. The van der Waals surface area contributed by atoms with Gasteiger partial charge in [-0.3, -0.25) is 0 Å². The first-order valence-corrected chi connectivity index (χ1v) is 8.64. The van der Waals surface area contributed by atoms with E-state index in [0.717, 1.165) is 31.2 Å². The smallest absolute Gasteiger partial charge is 0.329 e. The molecular formula is C19H28N2O3. The van der Waals surface area contributed by atoms with E-state index in [4.69, 9.17) is 4.74 Å². The number of hydrogen-bond donors (Lipinski definition) is 2. The van der Waals surface area contributed by atoms with Crippen molar-refractivity contribution >= 4 is 12.0 Å². The number of rotatable bonds is 5. The summed E-state index contributed by atoms with van der Waals surface area (Å²) in [6.07, 6.45) is 4.30. The Hall–Kier alpha value is -2.04. The van der Waals surface area contributed by atoms with Gasteiger partial charge in [0.1, 0.15) is 12.6 Å². The zero-order chi connectivity index (χ0) is 17.6. The van der Waals surface area contributed by atoms with Gasteiger partial charge in [0.15, 0.2) is 0 Å². The number of carbonyl (C=O) groups excluding carboxylic acids is 2. The Bertz CT molecular complexity index is 545. The normalized spacial score (nSPS) is 16.5. The van der Waals surface area contributed by atoms with Crippen molar-refractivity contribution in [1.29, 1.82) is 0 Å². The molecule has 2 amide bonds. The monoisotopic (exact) mass is 332 g/mol. The first kappa shape index (κ1) is 18.3. The van der Waals surface area contributed by atoms with Crippen LogP contribution in [-0.4, -0.2) is 24.1 Å². The van der Waals surface area contributed by atoms with Crippen LogP contribution in [-0.2, 0) is 16.1 Å². The van der Waals surface area contributed by atoms with Gasteiger partial charge in [-0.05, 0) is 23.8 Å². The standard InChI is InChI=1S/C19H28N2O3/c1-19(2,3)16(21-18(23)20-15-11-7-8-12-15)17(22)24-13-14-9-5-4-6-10-14/h4-6,9-10,15-16H,7-8,11-13H2,1-3H3,(H2,20,21,23)/t16-/m1/s1. The summed E-state index contributed by atoms with van der Waals surface area (Å²) in [6.45, 7) is 5.95. The van der Waals surface area contributed by atoms with Gasteiger partial charge in [0.25, 0.3) is 0 Å². The summed E-state index contributed by atoms with van der Waals surface area (Å²) < 4.78 is 5.41. The summed E-state index contributed by atoms with van der Waals surface area (Å²) >= 11 is 0. The fourth-order valence-electron chi connectivity index (χ4n) is 2.87. The maximum absolute atomic E-state index is 12.5. The average Bonchev–Trinajstić information content (AvgIpc) is 3.03. The third kappa shape index (κ3) is 5.55. The lowest BCUT2D eigenvalue weighted by atomic mass is 9.87. The van der Waals surface area contributed by atoms with Crippen LogP contribution in [0.2, 0.25) is 0 Å². The Kier molecular flexibility index (Phi) is 6.23. The number of benzene rings is 1. The van der Waals surface area contributed by atoms with Crippen LogP contribution in [0.3, 0.4) is 0 Å². The van der Waals surface area contributed by atoms with Crippen molar-refractivity contribution in [2.75, 3.05) is 0 Å². The molecule has 1 aromatic rings. The maximum Gasteiger partial charge on any atom is 0.329 e. The Morgan fingerprint density at radius 1 is 1.17 bits per heavy atom. The molecule has 5 heteroatoms. The third-order valence-corrected chi connectivity index (χ3v) is 4.29. The molecule has 1 saturated carbocycles. The summed E-state index contributed by atoms with van der Waals surface area (Å²) in [5, 5.41) is 5.75. The summed E-state index contributed by atoms with van der Waals surface area (Å²) in [5.74, 6) is -0.409. The van der Waals surface area contributed by atoms with Crippen LogP contribution in [0.1, 0.15) is 52.0 Å². The Morgan fingerprint density at radius 2 is 1.79 bits per heavy atom. The van der Waals surface area contributed by atoms with Crippen molar-refractivity contribution in [3.05, 3.63) is 35.9 Å². The Labute approximate surface area is 144 Å². The van der Waals surface area contributed by atoms with Crippen molar-refractivity contribution in [2.45, 2.75) is 65.1 Å². The summed E-state index contributed by atoms with van der Waals surface area (Å²) in [6, 6.07) is 8.75. The lowest BCUT2D eigenvalue weighted by molar-refractivity contribution is -0.150. The molecule has 5 nitrogen and oxygen atoms in total. The van der Waals surface area contributed by atoms with Crippen molar-refractivity contribution in [2.24, 2.45) is 5.41 Å². The van der Waals surface area contributed by atoms with Crippen LogP contribution < -0.4 is 10.6 Å². The van der Waals surface area contributed by atoms with Crippen molar-refractivity contribution in [1.82, 2.24) is 10.6 Å². The molecule has 0 aromatic heterocycles. The number of hydrogen-bond acceptors (Lipinski definition) is 3. The first-order valence-electron chi connectivity index (χ1n) is 8.64. The minimum absolute atomic E-state index is 0.207. The molecule has 0 spiro atoms. The first-order chi connectivity index (χ1) is 11.4. The van der Waals surface area contributed by atoms with E-state index in [-0.39, 0.29) is 18.7 Å². The van der Waals surface area contributed by atoms with Gasteiger partial charge in [0, 0.05) is 6.04 Å². The van der Waals surface area contributed by atoms with Crippen LogP contribution in [0, 0.1) is 5.41 Å². The molecule has 0 saturated heterocycles. The molecule has 0 radical (unpaired) electrons. The number of urea groups is 1. The molecule has 2 N–H and O–H groups in total. The zero-order valence-electron chi connectivity index (χ0n) is 14.8. The van der Waals surface area contributed by atoms with Crippen LogP contribution in [0.25, 0.3) is 0 Å². The summed E-state index contributed by atoms with van der Waals surface area (Å²) in [7, 11) is 0. The number of nitrogens with one attached hydrogen (secondary N) is 2. The molecule has 132 valence electrons. The molecule has 0 heterocycles. The Morgan fingerprint density at radius 3 is 2.38 bits per heavy atom. The SMILES string of the molecule is CC(C)(C)[C@H](NC(=O)NC1CCCC1)C(=O)OCc1ccccc1. The van der Waals surface area contributed by atoms with E-state index in [1.165, 1.54) is 0 Å². The van der Waals surface area contributed by atoms with Crippen LogP contribution in [0.15, 0.2) is 30.3 Å². The van der Waals surface area contributed by atoms with Gasteiger partial charge >= 0.3 is 12.0 Å². The van der Waals surface area contributed by atoms with Gasteiger partial charge < -0.3 is 15.4 Å². The summed E-state index contributed by atoms with van der Waals surface area (Å²) in [5.41, 5.74) is 0.495. The van der Waals surface area contributed by atoms with Gasteiger partial charge in [0.05, 0.1) is 0 Å². The fraction of sp³-hybridized carbons (Fsp3) is 0.579. The average molecular weight is 332 g/mol. The van der Waals surface area contributed by atoms with Gasteiger partial charge in [-0.25, -0.2) is 9.59 Å². The molecule has 0 aliphatic heterocycles. The topological polar surface area (TPSA) is 67.4 Å². The van der Waals surface area contributed by atoms with Crippen LogP contribution >= 0.6 is 0 Å². The van der Waals surface area contributed by atoms with E-state index in [2.05, 4.69) is 10.6 Å². The predicted octanol–water partition coefficient (Wildman–Crippen LogP) is 3.39. The number of ether oxygens (including phenoxy) is 1. The maximum atomic E-state index is 12.5. The highest BCUT2D eigenvalue weighted by molar-refractivity contribution is 5.84. The second kappa shape index (κ2) is 8.18. The number of carbonyl (C=O) groups is 2. The van der Waals surface area contributed by atoms with Gasteiger partial charge in [-0.15, -0.1) is 0 Å². The van der Waals surface area contributed by atoms with Gasteiger partial charge in [-0.1, -0.05) is 63.9 Å². The van der Waals surface area contributed by atoms with E-state index in [0.29, 0.717) is 0 Å². The molecule has 1 aromatic carbocycles. The highest BCUT2D eigenvalue weighted by Gasteiger charge is 2.34. The highest BCUT2D eigenvalue weighted by Crippen LogP contribution is 2.22. The van der Waals surface area contributed by atoms with Gasteiger partial charge in [0.2, 0.25) is 0 Å². The van der Waals surface area contributed by atoms with Crippen LogP contribution in [0.4, 0.5) is 4.79 Å². The molecule has 1 aliphatic rings. The van der Waals surface area contributed by atoms with E-state index in [9.17, 15) is 9.59 Å². The number of amides is 2. The minimum Gasteiger partial charge on any atom is -0.459 e. The number of esters is 1. The molecule has 24 heavy (non-hydrogen) atoms. The predicted molar refractivity (Wildman–Crippen MR) is 93.4 cm³/mol. The van der Waals surface area contributed by atoms with E-state index < -0.39 is 17.4 Å². The molecule has 0 unspecified atom stereocenters. The van der Waals surface area contributed by atoms with Gasteiger partial charge in [-0.2, -0.15) is 0 Å². The van der Waals surface area contributed by atoms with E-state index in [1.807, 2.05) is 51.1 Å². The van der Waals surface area contributed by atoms with Crippen molar-refractivity contribution in [3.63, 3.8) is 0 Å². The molecule has 1 atom stereocenters.